The number of ether oxygens (including phenoxy) is 1. The fraction of sp³-hybridized carbons (Fsp3) is 0.407. The lowest BCUT2D eigenvalue weighted by molar-refractivity contribution is -0.140. The lowest BCUT2D eigenvalue weighted by Gasteiger charge is -2.29. The third-order valence-corrected chi connectivity index (χ3v) is 6.05. The summed E-state index contributed by atoms with van der Waals surface area (Å²) in [6, 6.07) is 14.0. The van der Waals surface area contributed by atoms with Gasteiger partial charge in [-0.15, -0.1) is 0 Å². The fourth-order valence-electron chi connectivity index (χ4n) is 4.26. The van der Waals surface area contributed by atoms with Gasteiger partial charge in [-0.05, 0) is 57.1 Å². The molecule has 1 heterocycles. The molecule has 1 aliphatic rings. The summed E-state index contributed by atoms with van der Waals surface area (Å²) >= 11 is 0. The summed E-state index contributed by atoms with van der Waals surface area (Å²) in [5.74, 6) is -0.819. The van der Waals surface area contributed by atoms with Gasteiger partial charge in [-0.2, -0.15) is 0 Å². The first kappa shape index (κ1) is 24.5. The number of amides is 1. The number of hydrogen-bond acceptors (Lipinski definition) is 5. The van der Waals surface area contributed by atoms with E-state index in [1.54, 1.807) is 29.2 Å². The van der Waals surface area contributed by atoms with Crippen LogP contribution >= 0.6 is 0 Å². The molecule has 1 fully saturated rings. The van der Waals surface area contributed by atoms with Gasteiger partial charge in [0.05, 0.1) is 17.7 Å². The molecule has 1 atom stereocenters. The maximum atomic E-state index is 13.2. The Labute approximate surface area is 196 Å². The number of aryl methyl sites for hydroxylation is 1. The molecular formula is C27H34N2O4. The Kier molecular flexibility index (Phi) is 7.92. The summed E-state index contributed by atoms with van der Waals surface area (Å²) in [7, 11) is 0. The van der Waals surface area contributed by atoms with E-state index in [4.69, 9.17) is 4.74 Å². The quantitative estimate of drug-likeness (QED) is 0.345. The number of likely N-dealkylation sites (N-methyl/N-ethyl adjacent to an activating group) is 1. The van der Waals surface area contributed by atoms with Crippen LogP contribution < -0.4 is 4.74 Å². The molecule has 2 aromatic rings. The number of aliphatic hydroxyl groups is 1. The molecule has 1 unspecified atom stereocenters. The van der Waals surface area contributed by atoms with E-state index < -0.39 is 17.7 Å². The fourth-order valence-corrected chi connectivity index (χ4v) is 4.26. The highest BCUT2D eigenvalue weighted by molar-refractivity contribution is 6.46. The summed E-state index contributed by atoms with van der Waals surface area (Å²) < 4.78 is 5.76. The van der Waals surface area contributed by atoms with Crippen LogP contribution in [0.1, 0.15) is 50.4 Å². The van der Waals surface area contributed by atoms with Gasteiger partial charge < -0.3 is 19.6 Å². The van der Waals surface area contributed by atoms with Crippen molar-refractivity contribution in [2.75, 3.05) is 26.2 Å². The monoisotopic (exact) mass is 450 g/mol. The predicted molar refractivity (Wildman–Crippen MR) is 130 cm³/mol. The molecule has 176 valence electrons. The number of hydrogen-bond donors (Lipinski definition) is 1. The number of benzene rings is 2. The van der Waals surface area contributed by atoms with Crippen LogP contribution in [0.25, 0.3) is 5.76 Å². The number of ketones is 1. The van der Waals surface area contributed by atoms with Gasteiger partial charge in [0.25, 0.3) is 11.7 Å². The van der Waals surface area contributed by atoms with Gasteiger partial charge in [0.1, 0.15) is 11.5 Å². The van der Waals surface area contributed by atoms with Crippen LogP contribution in [-0.2, 0) is 9.59 Å². The SMILES string of the molecule is CCN(CC)CCN1C(=O)C(=O)/C(=C(/O)c2cccc(OC(C)C)c2)C1c1ccccc1C. The Morgan fingerprint density at radius 1 is 1.09 bits per heavy atom. The number of Topliss-reactive ketones (excluding diaryl/α,β-unsaturated/α-hetero) is 1. The highest BCUT2D eigenvalue weighted by atomic mass is 16.5. The van der Waals surface area contributed by atoms with Crippen molar-refractivity contribution in [1.82, 2.24) is 9.80 Å². The zero-order chi connectivity index (χ0) is 24.1. The lowest BCUT2D eigenvalue weighted by Crippen LogP contribution is -2.38. The molecule has 3 rings (SSSR count). The van der Waals surface area contributed by atoms with E-state index in [9.17, 15) is 14.7 Å². The van der Waals surface area contributed by atoms with Crippen LogP contribution in [0.3, 0.4) is 0 Å². The number of rotatable bonds is 9. The Morgan fingerprint density at radius 3 is 2.42 bits per heavy atom. The van der Waals surface area contributed by atoms with Crippen molar-refractivity contribution in [2.24, 2.45) is 0 Å². The van der Waals surface area contributed by atoms with E-state index in [1.165, 1.54) is 0 Å². The molecule has 0 aliphatic carbocycles. The van der Waals surface area contributed by atoms with Crippen molar-refractivity contribution < 1.29 is 19.4 Å². The number of aliphatic hydroxyl groups excluding tert-OH is 1. The first-order chi connectivity index (χ1) is 15.8. The van der Waals surface area contributed by atoms with Crippen molar-refractivity contribution in [2.45, 2.75) is 46.8 Å². The normalized spacial score (nSPS) is 17.9. The maximum Gasteiger partial charge on any atom is 0.295 e. The molecule has 6 nitrogen and oxygen atoms in total. The molecule has 1 saturated heterocycles. The van der Waals surface area contributed by atoms with Gasteiger partial charge in [0.15, 0.2) is 0 Å². The molecule has 1 amide bonds. The molecule has 1 N–H and O–H groups in total. The third-order valence-electron chi connectivity index (χ3n) is 6.05. The van der Waals surface area contributed by atoms with Gasteiger partial charge in [-0.25, -0.2) is 0 Å². The minimum Gasteiger partial charge on any atom is -0.507 e. The van der Waals surface area contributed by atoms with Crippen molar-refractivity contribution in [3.8, 4) is 5.75 Å². The zero-order valence-corrected chi connectivity index (χ0v) is 20.2. The summed E-state index contributed by atoms with van der Waals surface area (Å²) in [5.41, 5.74) is 2.37. The van der Waals surface area contributed by atoms with Crippen molar-refractivity contribution in [3.05, 3.63) is 70.8 Å². The van der Waals surface area contributed by atoms with Gasteiger partial charge in [-0.3, -0.25) is 9.59 Å². The van der Waals surface area contributed by atoms with Crippen LogP contribution in [0.15, 0.2) is 54.1 Å². The summed E-state index contributed by atoms with van der Waals surface area (Å²) in [6.07, 6.45) is -0.0278. The van der Waals surface area contributed by atoms with Gasteiger partial charge in [0.2, 0.25) is 0 Å². The van der Waals surface area contributed by atoms with Gasteiger partial charge >= 0.3 is 0 Å². The van der Waals surface area contributed by atoms with Crippen molar-refractivity contribution in [1.29, 1.82) is 0 Å². The van der Waals surface area contributed by atoms with E-state index in [2.05, 4.69) is 18.7 Å². The molecule has 33 heavy (non-hydrogen) atoms. The predicted octanol–water partition coefficient (Wildman–Crippen LogP) is 4.55. The van der Waals surface area contributed by atoms with Crippen LogP contribution in [0, 0.1) is 6.92 Å². The zero-order valence-electron chi connectivity index (χ0n) is 20.2. The second-order valence-corrected chi connectivity index (χ2v) is 8.57. The molecule has 0 aromatic heterocycles. The van der Waals surface area contributed by atoms with Crippen LogP contribution in [-0.4, -0.2) is 58.9 Å². The largest absolute Gasteiger partial charge is 0.507 e. The molecule has 0 radical (unpaired) electrons. The minimum atomic E-state index is -0.657. The Bertz CT molecular complexity index is 1040. The maximum absolute atomic E-state index is 13.2. The Morgan fingerprint density at radius 2 is 1.79 bits per heavy atom. The standard InChI is InChI=1S/C27H34N2O4/c1-6-28(7-2)15-16-29-24(22-14-9-8-11-19(22)5)23(26(31)27(29)32)25(30)20-12-10-13-21(17-20)33-18(3)4/h8-14,17-18,24,30H,6-7,15-16H2,1-5H3/b25-23+. The molecule has 0 spiro atoms. The van der Waals surface area contributed by atoms with E-state index >= 15 is 0 Å². The van der Waals surface area contributed by atoms with E-state index in [-0.39, 0.29) is 17.4 Å². The van der Waals surface area contributed by atoms with Crippen molar-refractivity contribution in [3.63, 3.8) is 0 Å². The number of carbonyl (C=O) groups is 2. The second kappa shape index (κ2) is 10.7. The highest BCUT2D eigenvalue weighted by Crippen LogP contribution is 2.40. The third kappa shape index (κ3) is 5.28. The average Bonchev–Trinajstić information content (AvgIpc) is 3.04. The van der Waals surface area contributed by atoms with Crippen LogP contribution in [0.2, 0.25) is 0 Å². The van der Waals surface area contributed by atoms with E-state index in [0.29, 0.717) is 24.4 Å². The Hall–Kier alpha value is -3.12. The molecule has 6 heteroatoms. The number of carbonyl (C=O) groups excluding carboxylic acids is 2. The van der Waals surface area contributed by atoms with E-state index in [1.807, 2.05) is 45.0 Å². The minimum absolute atomic E-state index is 0.0278. The Balaban J connectivity index is 2.11. The second-order valence-electron chi connectivity index (χ2n) is 8.57. The molecule has 2 aromatic carbocycles. The van der Waals surface area contributed by atoms with Crippen LogP contribution in [0.5, 0.6) is 5.75 Å². The number of likely N-dealkylation sites (tertiary alicyclic amines) is 1. The van der Waals surface area contributed by atoms with Crippen molar-refractivity contribution >= 4 is 17.4 Å². The van der Waals surface area contributed by atoms with E-state index in [0.717, 1.165) is 24.2 Å². The molecule has 0 bridgehead atoms. The first-order valence-electron chi connectivity index (χ1n) is 11.6. The topological polar surface area (TPSA) is 70.1 Å². The van der Waals surface area contributed by atoms with Crippen LogP contribution in [0.4, 0.5) is 0 Å². The van der Waals surface area contributed by atoms with Gasteiger partial charge in [-0.1, -0.05) is 50.2 Å². The average molecular weight is 451 g/mol. The summed E-state index contributed by atoms with van der Waals surface area (Å²) in [6.45, 7) is 12.7. The summed E-state index contributed by atoms with van der Waals surface area (Å²) in [5, 5.41) is 11.3. The molecular weight excluding hydrogens is 416 g/mol. The molecule has 1 aliphatic heterocycles. The first-order valence-corrected chi connectivity index (χ1v) is 11.6. The highest BCUT2D eigenvalue weighted by Gasteiger charge is 2.46. The lowest BCUT2D eigenvalue weighted by atomic mass is 9.92. The molecule has 0 saturated carbocycles. The summed E-state index contributed by atoms with van der Waals surface area (Å²) in [4.78, 5) is 30.2. The smallest absolute Gasteiger partial charge is 0.295 e. The van der Waals surface area contributed by atoms with Gasteiger partial charge in [0, 0.05) is 18.7 Å². The number of nitrogens with zero attached hydrogens (tertiary/aromatic N) is 2.